The van der Waals surface area contributed by atoms with Gasteiger partial charge in [0.15, 0.2) is 5.69 Å². The molecule has 0 radical (unpaired) electrons. The first-order valence-electron chi connectivity index (χ1n) is 7.04. The smallest absolute Gasteiger partial charge is 0.358 e. The van der Waals surface area contributed by atoms with Crippen LogP contribution in [0.15, 0.2) is 24.3 Å². The first kappa shape index (κ1) is 14.2. The van der Waals surface area contributed by atoms with Crippen LogP contribution in [0.5, 0.6) is 0 Å². The Morgan fingerprint density at radius 3 is 2.68 bits per heavy atom. The van der Waals surface area contributed by atoms with Crippen LogP contribution in [0.3, 0.4) is 0 Å². The molecule has 1 amide bonds. The van der Waals surface area contributed by atoms with Crippen molar-refractivity contribution in [1.29, 1.82) is 0 Å². The van der Waals surface area contributed by atoms with Crippen LogP contribution in [0.2, 0.25) is 0 Å². The van der Waals surface area contributed by atoms with Crippen molar-refractivity contribution < 1.29 is 14.7 Å². The Morgan fingerprint density at radius 2 is 2.00 bits per heavy atom. The van der Waals surface area contributed by atoms with Crippen molar-refractivity contribution in [1.82, 2.24) is 19.9 Å². The Hall–Kier alpha value is -2.70. The first-order chi connectivity index (χ1) is 10.6. The molecule has 0 atom stereocenters. The fourth-order valence-electron chi connectivity index (χ4n) is 2.64. The van der Waals surface area contributed by atoms with E-state index in [4.69, 9.17) is 5.11 Å². The van der Waals surface area contributed by atoms with Gasteiger partial charge in [0.1, 0.15) is 6.54 Å². The van der Waals surface area contributed by atoms with Gasteiger partial charge in [0.25, 0.3) is 0 Å². The lowest BCUT2D eigenvalue weighted by Crippen LogP contribution is -2.38. The molecule has 3 rings (SSSR count). The minimum absolute atomic E-state index is 0.00821. The van der Waals surface area contributed by atoms with Gasteiger partial charge in [0.2, 0.25) is 5.91 Å². The van der Waals surface area contributed by atoms with E-state index in [9.17, 15) is 9.59 Å². The third-order valence-electron chi connectivity index (χ3n) is 3.95. The standard InChI is InChI=1S/C15H16N4O3/c1-10-14(15(21)22)16-17-19(10)9-13(20)18-7-6-11-4-2-3-5-12(11)8-18/h2-5H,6-9H2,1H3,(H,21,22). The molecule has 0 aliphatic carbocycles. The highest BCUT2D eigenvalue weighted by Gasteiger charge is 2.22. The van der Waals surface area contributed by atoms with Crippen molar-refractivity contribution in [3.8, 4) is 0 Å². The number of rotatable bonds is 3. The molecule has 0 saturated heterocycles. The maximum atomic E-state index is 12.4. The van der Waals surface area contributed by atoms with E-state index in [-0.39, 0.29) is 18.1 Å². The van der Waals surface area contributed by atoms with Crippen LogP contribution >= 0.6 is 0 Å². The molecule has 0 saturated carbocycles. The van der Waals surface area contributed by atoms with E-state index in [2.05, 4.69) is 16.4 Å². The highest BCUT2D eigenvalue weighted by atomic mass is 16.4. The van der Waals surface area contributed by atoms with Crippen molar-refractivity contribution in [3.63, 3.8) is 0 Å². The first-order valence-corrected chi connectivity index (χ1v) is 7.04. The van der Waals surface area contributed by atoms with Gasteiger partial charge in [-0.2, -0.15) is 0 Å². The Balaban J connectivity index is 1.72. The molecule has 2 aromatic rings. The molecule has 1 aliphatic rings. The van der Waals surface area contributed by atoms with E-state index in [1.807, 2.05) is 18.2 Å². The topological polar surface area (TPSA) is 88.3 Å². The quantitative estimate of drug-likeness (QED) is 0.908. The Kier molecular flexibility index (Phi) is 3.62. The summed E-state index contributed by atoms with van der Waals surface area (Å²) < 4.78 is 1.34. The molecule has 1 aliphatic heterocycles. The lowest BCUT2D eigenvalue weighted by Gasteiger charge is -2.28. The molecule has 1 aromatic carbocycles. The van der Waals surface area contributed by atoms with Crippen LogP contribution in [0.1, 0.15) is 27.3 Å². The number of hydrogen-bond acceptors (Lipinski definition) is 4. The van der Waals surface area contributed by atoms with Crippen molar-refractivity contribution in [2.75, 3.05) is 6.54 Å². The van der Waals surface area contributed by atoms with Crippen LogP contribution in [0.4, 0.5) is 0 Å². The number of benzene rings is 1. The van der Waals surface area contributed by atoms with Crippen molar-refractivity contribution in [2.24, 2.45) is 0 Å². The second-order valence-corrected chi connectivity index (χ2v) is 5.32. The van der Waals surface area contributed by atoms with Crippen LogP contribution in [-0.4, -0.2) is 43.4 Å². The third-order valence-corrected chi connectivity index (χ3v) is 3.95. The molecule has 1 aromatic heterocycles. The number of carboxylic acid groups (broad SMARTS) is 1. The van der Waals surface area contributed by atoms with Gasteiger partial charge in [0, 0.05) is 13.1 Å². The zero-order valence-electron chi connectivity index (χ0n) is 12.2. The molecule has 114 valence electrons. The molecule has 0 fully saturated rings. The molecule has 7 heteroatoms. The van der Waals surface area contributed by atoms with Crippen LogP contribution < -0.4 is 0 Å². The molecule has 22 heavy (non-hydrogen) atoms. The second-order valence-electron chi connectivity index (χ2n) is 5.32. The second kappa shape index (κ2) is 5.59. The minimum Gasteiger partial charge on any atom is -0.476 e. The largest absolute Gasteiger partial charge is 0.476 e. The van der Waals surface area contributed by atoms with Gasteiger partial charge in [-0.05, 0) is 24.5 Å². The van der Waals surface area contributed by atoms with Crippen LogP contribution in [0.25, 0.3) is 0 Å². The average Bonchev–Trinajstić information content (AvgIpc) is 2.88. The van der Waals surface area contributed by atoms with Gasteiger partial charge in [0.05, 0.1) is 5.69 Å². The zero-order valence-corrected chi connectivity index (χ0v) is 12.2. The number of amides is 1. The molecule has 0 spiro atoms. The van der Waals surface area contributed by atoms with Gasteiger partial charge in [-0.3, -0.25) is 4.79 Å². The lowest BCUT2D eigenvalue weighted by molar-refractivity contribution is -0.133. The molecule has 0 unspecified atom stereocenters. The fourth-order valence-corrected chi connectivity index (χ4v) is 2.64. The van der Waals surface area contributed by atoms with E-state index in [0.717, 1.165) is 12.0 Å². The van der Waals surface area contributed by atoms with Gasteiger partial charge in [-0.25, -0.2) is 9.48 Å². The van der Waals surface area contributed by atoms with Crippen LogP contribution in [-0.2, 0) is 24.3 Å². The number of carbonyl (C=O) groups excluding carboxylic acids is 1. The third kappa shape index (κ3) is 2.57. The number of aromatic carboxylic acids is 1. The summed E-state index contributed by atoms with van der Waals surface area (Å²) in [6.07, 6.45) is 0.832. The normalized spacial score (nSPS) is 13.8. The summed E-state index contributed by atoms with van der Waals surface area (Å²) in [5.74, 6) is -1.22. The number of fused-ring (bicyclic) bond motifs is 1. The number of nitrogens with zero attached hydrogens (tertiary/aromatic N) is 4. The predicted molar refractivity (Wildman–Crippen MR) is 77.3 cm³/mol. The summed E-state index contributed by atoms with van der Waals surface area (Å²) in [4.78, 5) is 25.1. The summed E-state index contributed by atoms with van der Waals surface area (Å²) in [6.45, 7) is 2.85. The van der Waals surface area contributed by atoms with Crippen molar-refractivity contribution >= 4 is 11.9 Å². The molecular formula is C15H16N4O3. The molecular weight excluding hydrogens is 284 g/mol. The van der Waals surface area contributed by atoms with Crippen molar-refractivity contribution in [3.05, 3.63) is 46.8 Å². The van der Waals surface area contributed by atoms with E-state index < -0.39 is 5.97 Å². The lowest BCUT2D eigenvalue weighted by atomic mass is 10.00. The fraction of sp³-hybridized carbons (Fsp3) is 0.333. The summed E-state index contributed by atoms with van der Waals surface area (Å²) in [5.41, 5.74) is 2.70. The van der Waals surface area contributed by atoms with Crippen molar-refractivity contribution in [2.45, 2.75) is 26.4 Å². The van der Waals surface area contributed by atoms with Gasteiger partial charge in [-0.1, -0.05) is 29.5 Å². The SMILES string of the molecule is Cc1c(C(=O)O)nnn1CC(=O)N1CCc2ccccc2C1. The molecule has 0 bridgehead atoms. The summed E-state index contributed by atoms with van der Waals surface area (Å²) in [6, 6.07) is 8.08. The monoisotopic (exact) mass is 300 g/mol. The minimum atomic E-state index is -1.14. The highest BCUT2D eigenvalue weighted by molar-refractivity contribution is 5.86. The molecule has 7 nitrogen and oxygen atoms in total. The van der Waals surface area contributed by atoms with Gasteiger partial charge >= 0.3 is 5.97 Å². The van der Waals surface area contributed by atoms with E-state index in [0.29, 0.717) is 18.8 Å². The van der Waals surface area contributed by atoms with E-state index >= 15 is 0 Å². The van der Waals surface area contributed by atoms with Gasteiger partial charge < -0.3 is 10.0 Å². The van der Waals surface area contributed by atoms with E-state index in [1.165, 1.54) is 10.2 Å². The highest BCUT2D eigenvalue weighted by Crippen LogP contribution is 2.18. The summed E-state index contributed by atoms with van der Waals surface area (Å²) >= 11 is 0. The summed E-state index contributed by atoms with van der Waals surface area (Å²) in [5, 5.41) is 16.3. The molecule has 1 N–H and O–H groups in total. The maximum absolute atomic E-state index is 12.4. The Morgan fingerprint density at radius 1 is 1.27 bits per heavy atom. The van der Waals surface area contributed by atoms with Gasteiger partial charge in [-0.15, -0.1) is 5.10 Å². The maximum Gasteiger partial charge on any atom is 0.358 e. The zero-order chi connectivity index (χ0) is 15.7. The Bertz CT molecular complexity index is 738. The number of carbonyl (C=O) groups is 2. The molecule has 2 heterocycles. The number of carboxylic acids is 1. The average molecular weight is 300 g/mol. The summed E-state index contributed by atoms with van der Waals surface area (Å²) in [7, 11) is 0. The number of aromatic nitrogens is 3. The number of hydrogen-bond donors (Lipinski definition) is 1. The predicted octanol–water partition coefficient (Wildman–Crippen LogP) is 0.870. The van der Waals surface area contributed by atoms with E-state index in [1.54, 1.807) is 11.8 Å². The van der Waals surface area contributed by atoms with Crippen LogP contribution in [0, 0.1) is 6.92 Å². The Labute approximate surface area is 127 Å².